The van der Waals surface area contributed by atoms with Gasteiger partial charge in [-0.2, -0.15) is 0 Å². The number of esters is 1. The molecule has 304 valence electrons. The molecule has 1 atom stereocenters. The monoisotopic (exact) mass is 799 g/mol. The summed E-state index contributed by atoms with van der Waals surface area (Å²) in [6.07, 6.45) is -0.846. The van der Waals surface area contributed by atoms with Crippen molar-refractivity contribution in [3.8, 4) is 28.3 Å². The Bertz CT molecular complexity index is 2430. The molecule has 3 aromatic heterocycles. The van der Waals surface area contributed by atoms with Gasteiger partial charge in [0.1, 0.15) is 29.5 Å². The van der Waals surface area contributed by atoms with Gasteiger partial charge in [0.05, 0.1) is 5.39 Å². The lowest BCUT2D eigenvalue weighted by Gasteiger charge is -2.17. The third-order valence-corrected chi connectivity index (χ3v) is 8.76. The van der Waals surface area contributed by atoms with E-state index >= 15 is 0 Å². The molecule has 19 nitrogen and oxygen atoms in total. The fourth-order valence-corrected chi connectivity index (χ4v) is 5.96. The molecule has 0 bridgehead atoms. The minimum absolute atomic E-state index is 0.0751. The zero-order valence-corrected chi connectivity index (χ0v) is 32.2. The molecule has 0 saturated heterocycles. The minimum Gasteiger partial charge on any atom is -0.453 e. The van der Waals surface area contributed by atoms with Crippen LogP contribution in [-0.4, -0.2) is 62.8 Å². The number of aryl methyl sites for hydroxylation is 2. The summed E-state index contributed by atoms with van der Waals surface area (Å²) in [6.45, 7) is 7.69. The molecule has 0 aliphatic rings. The number of aliphatic hydroxyl groups is 1. The Balaban J connectivity index is 1.19. The van der Waals surface area contributed by atoms with E-state index < -0.39 is 35.2 Å². The van der Waals surface area contributed by atoms with Crippen LogP contribution in [0.2, 0.25) is 0 Å². The topological polar surface area (TPSA) is 240 Å². The summed E-state index contributed by atoms with van der Waals surface area (Å²) in [7, 11) is 0. The van der Waals surface area contributed by atoms with Gasteiger partial charge in [0.15, 0.2) is 23.8 Å². The SMILES string of the molecule is CCCc1nc(C(C)(C)O)c(C(=O)OCc2oc(=O)oc2C)n1Cc1ccc(-c2ccccc2-c2nnn(C(C)OC(=O)Oc3ccccc3CON(O)O)n2)cc1. The van der Waals surface area contributed by atoms with Crippen molar-refractivity contribution in [2.24, 2.45) is 0 Å². The molecule has 0 saturated carbocycles. The number of nitrogens with zero attached hydrogens (tertiary/aromatic N) is 7. The van der Waals surface area contributed by atoms with E-state index in [0.717, 1.165) is 27.9 Å². The zero-order valence-electron chi connectivity index (χ0n) is 32.2. The number of hydrogen-bond acceptors (Lipinski definition) is 17. The standard InChI is InChI=1S/C39H41N7O12/c1-6-11-32-40-34(39(4,5)50)33(36(47)53-22-31-23(2)55-37(48)58-31)44(32)20-25-16-18-26(19-17-25)28-13-8-9-14-29(28)35-41-43-45(42-35)24(3)56-38(49)57-30-15-10-7-12-27(30)21-54-46(51)52/h7-10,12-19,24,50-52H,6,11,20-22H2,1-5H3. The quantitative estimate of drug-likeness (QED) is 0.0587. The Morgan fingerprint density at radius 1 is 0.966 bits per heavy atom. The van der Waals surface area contributed by atoms with E-state index in [-0.39, 0.29) is 54.2 Å². The number of rotatable bonds is 16. The highest BCUT2D eigenvalue weighted by Gasteiger charge is 2.33. The maximum Gasteiger partial charge on any atom is 0.519 e. The van der Waals surface area contributed by atoms with E-state index in [1.165, 1.54) is 19.9 Å². The number of carbonyl (C=O) groups excluding carboxylic acids is 2. The Morgan fingerprint density at radius 2 is 1.67 bits per heavy atom. The maximum atomic E-state index is 13.7. The fourth-order valence-electron chi connectivity index (χ4n) is 5.96. The summed E-state index contributed by atoms with van der Waals surface area (Å²) < 4.78 is 27.8. The smallest absolute Gasteiger partial charge is 0.453 e. The normalized spacial score (nSPS) is 12.2. The second-order valence-electron chi connectivity index (χ2n) is 13.5. The molecular weight excluding hydrogens is 758 g/mol. The highest BCUT2D eigenvalue weighted by atomic mass is 17.1. The second kappa shape index (κ2) is 17.7. The van der Waals surface area contributed by atoms with Crippen LogP contribution in [0.25, 0.3) is 22.5 Å². The van der Waals surface area contributed by atoms with Crippen LogP contribution in [0.3, 0.4) is 0 Å². The first kappa shape index (κ1) is 41.1. The molecule has 0 spiro atoms. The van der Waals surface area contributed by atoms with E-state index in [0.29, 0.717) is 23.4 Å². The lowest BCUT2D eigenvalue weighted by molar-refractivity contribution is -0.497. The molecule has 58 heavy (non-hydrogen) atoms. The van der Waals surface area contributed by atoms with E-state index in [1.54, 1.807) is 36.6 Å². The highest BCUT2D eigenvalue weighted by Crippen LogP contribution is 2.32. The molecule has 3 aromatic carbocycles. The van der Waals surface area contributed by atoms with E-state index in [2.05, 4.69) is 25.2 Å². The van der Waals surface area contributed by atoms with Gasteiger partial charge < -0.3 is 32.7 Å². The number of ether oxygens (including phenoxy) is 3. The van der Waals surface area contributed by atoms with E-state index in [4.69, 9.17) is 33.5 Å². The number of tetrazole rings is 1. The van der Waals surface area contributed by atoms with Crippen LogP contribution < -0.4 is 10.6 Å². The molecule has 1 unspecified atom stereocenters. The Hall–Kier alpha value is -6.51. The van der Waals surface area contributed by atoms with Crippen molar-refractivity contribution in [3.63, 3.8) is 0 Å². The first-order valence-electron chi connectivity index (χ1n) is 18.1. The molecule has 0 aliphatic carbocycles. The number of hydrogen-bond donors (Lipinski definition) is 3. The molecule has 0 fully saturated rings. The molecule has 3 heterocycles. The number of benzene rings is 3. The first-order valence-corrected chi connectivity index (χ1v) is 18.1. The second-order valence-corrected chi connectivity index (χ2v) is 13.5. The van der Waals surface area contributed by atoms with Gasteiger partial charge in [0, 0.05) is 24.1 Å². The van der Waals surface area contributed by atoms with Gasteiger partial charge in [-0.15, -0.1) is 15.0 Å². The van der Waals surface area contributed by atoms with Crippen LogP contribution in [0.4, 0.5) is 4.79 Å². The van der Waals surface area contributed by atoms with Crippen molar-refractivity contribution in [1.82, 2.24) is 35.1 Å². The van der Waals surface area contributed by atoms with Crippen molar-refractivity contribution < 1.29 is 53.0 Å². The summed E-state index contributed by atoms with van der Waals surface area (Å²) in [5.41, 5.74) is 2.17. The Labute approximate surface area is 330 Å². The van der Waals surface area contributed by atoms with E-state index in [9.17, 15) is 19.5 Å². The number of imidazole rings is 1. The predicted molar refractivity (Wildman–Crippen MR) is 199 cm³/mol. The Kier molecular flexibility index (Phi) is 12.6. The number of para-hydroxylation sites is 1. The van der Waals surface area contributed by atoms with E-state index in [1.807, 2.05) is 55.5 Å². The molecule has 0 radical (unpaired) electrons. The van der Waals surface area contributed by atoms with Crippen molar-refractivity contribution in [1.29, 1.82) is 0 Å². The minimum atomic E-state index is -1.48. The van der Waals surface area contributed by atoms with Crippen LogP contribution in [0, 0.1) is 6.92 Å². The molecular formula is C39H41N7O12. The van der Waals surface area contributed by atoms with Crippen molar-refractivity contribution in [2.45, 2.75) is 79.0 Å². The van der Waals surface area contributed by atoms with Crippen molar-refractivity contribution >= 4 is 12.1 Å². The van der Waals surface area contributed by atoms with Gasteiger partial charge in [-0.05, 0) is 62.1 Å². The largest absolute Gasteiger partial charge is 0.519 e. The summed E-state index contributed by atoms with van der Waals surface area (Å²) in [6, 6.07) is 21.4. The number of aromatic nitrogens is 6. The van der Waals surface area contributed by atoms with Crippen molar-refractivity contribution in [2.75, 3.05) is 0 Å². The lowest BCUT2D eigenvalue weighted by atomic mass is 9.98. The number of carbonyl (C=O) groups is 2. The highest BCUT2D eigenvalue weighted by molar-refractivity contribution is 5.89. The van der Waals surface area contributed by atoms with Crippen LogP contribution in [0.15, 0.2) is 86.4 Å². The Morgan fingerprint density at radius 3 is 2.34 bits per heavy atom. The van der Waals surface area contributed by atoms with Crippen molar-refractivity contribution in [3.05, 3.63) is 123 Å². The molecule has 6 rings (SSSR count). The summed E-state index contributed by atoms with van der Waals surface area (Å²) in [5.74, 6) is -0.466. The van der Waals surface area contributed by atoms with Gasteiger partial charge in [0.2, 0.25) is 12.1 Å². The molecule has 19 heteroatoms. The average Bonchev–Trinajstić information content (AvgIpc) is 3.91. The summed E-state index contributed by atoms with van der Waals surface area (Å²) in [4.78, 5) is 48.3. The summed E-state index contributed by atoms with van der Waals surface area (Å²) in [5, 5.41) is 41.1. The zero-order chi connectivity index (χ0) is 41.6. The molecule has 0 amide bonds. The third-order valence-electron chi connectivity index (χ3n) is 8.76. The van der Waals surface area contributed by atoms with Gasteiger partial charge >= 0.3 is 17.9 Å². The molecule has 6 aromatic rings. The van der Waals surface area contributed by atoms with Gasteiger partial charge in [0.25, 0.3) is 0 Å². The third kappa shape index (κ3) is 9.71. The fraction of sp³-hybridized carbons (Fsp3) is 0.308. The van der Waals surface area contributed by atoms with Gasteiger partial charge in [-0.1, -0.05) is 73.7 Å². The lowest BCUT2D eigenvalue weighted by Crippen LogP contribution is -2.23. The molecule has 3 N–H and O–H groups in total. The van der Waals surface area contributed by atoms with Gasteiger partial charge in [-0.3, -0.25) is 10.4 Å². The average molecular weight is 800 g/mol. The van der Waals surface area contributed by atoms with Crippen LogP contribution in [0.1, 0.15) is 85.0 Å². The van der Waals surface area contributed by atoms with Crippen LogP contribution in [-0.2, 0) is 46.1 Å². The predicted octanol–water partition coefficient (Wildman–Crippen LogP) is 5.89. The summed E-state index contributed by atoms with van der Waals surface area (Å²) >= 11 is 0. The van der Waals surface area contributed by atoms with Crippen LogP contribution in [0.5, 0.6) is 5.75 Å². The first-order chi connectivity index (χ1) is 27.7. The van der Waals surface area contributed by atoms with Crippen LogP contribution >= 0.6 is 0 Å². The molecule has 0 aliphatic heterocycles. The van der Waals surface area contributed by atoms with Gasteiger partial charge in [-0.25, -0.2) is 24.2 Å². The maximum absolute atomic E-state index is 13.7.